The Balaban J connectivity index is 2.30. The van der Waals surface area contributed by atoms with Gasteiger partial charge in [-0.2, -0.15) is 0 Å². The molecule has 2 rings (SSSR count). The SMILES string of the molecule is O=c1[nH]cnc(N2CCCCO2)c1Br. The van der Waals surface area contributed by atoms with Gasteiger partial charge in [-0.3, -0.25) is 9.63 Å². The quantitative estimate of drug-likeness (QED) is 0.820. The summed E-state index contributed by atoms with van der Waals surface area (Å²) in [6.45, 7) is 1.45. The second-order valence-corrected chi connectivity index (χ2v) is 3.80. The van der Waals surface area contributed by atoms with Crippen LogP contribution >= 0.6 is 15.9 Å². The predicted molar refractivity (Wildman–Crippen MR) is 55.1 cm³/mol. The first-order valence-corrected chi connectivity index (χ1v) is 5.22. The maximum Gasteiger partial charge on any atom is 0.267 e. The Bertz CT molecular complexity index is 373. The molecule has 5 nitrogen and oxygen atoms in total. The van der Waals surface area contributed by atoms with E-state index in [4.69, 9.17) is 4.84 Å². The van der Waals surface area contributed by atoms with Gasteiger partial charge in [-0.25, -0.2) is 10.0 Å². The molecule has 1 N–H and O–H groups in total. The molecule has 0 radical (unpaired) electrons. The molecule has 0 spiro atoms. The summed E-state index contributed by atoms with van der Waals surface area (Å²) in [7, 11) is 0. The highest BCUT2D eigenvalue weighted by Crippen LogP contribution is 2.21. The van der Waals surface area contributed by atoms with Crippen LogP contribution in [0.2, 0.25) is 0 Å². The normalized spacial score (nSPS) is 17.1. The van der Waals surface area contributed by atoms with Crippen LogP contribution in [0.5, 0.6) is 0 Å². The molecule has 0 aromatic carbocycles. The number of aromatic amines is 1. The van der Waals surface area contributed by atoms with E-state index in [0.717, 1.165) is 19.4 Å². The van der Waals surface area contributed by atoms with Gasteiger partial charge < -0.3 is 4.98 Å². The van der Waals surface area contributed by atoms with Crippen molar-refractivity contribution in [3.63, 3.8) is 0 Å². The molecule has 1 aromatic rings. The van der Waals surface area contributed by atoms with Gasteiger partial charge in [-0.1, -0.05) is 0 Å². The topological polar surface area (TPSA) is 58.2 Å². The smallest absolute Gasteiger partial charge is 0.267 e. The second kappa shape index (κ2) is 4.10. The number of halogens is 1. The standard InChI is InChI=1S/C8H10BrN3O2/c9-6-7(10-5-11-8(6)13)12-3-1-2-4-14-12/h5H,1-4H2,(H,10,11,13). The van der Waals surface area contributed by atoms with Gasteiger partial charge >= 0.3 is 0 Å². The molecule has 2 heterocycles. The summed E-state index contributed by atoms with van der Waals surface area (Å²) >= 11 is 3.19. The molecule has 0 bridgehead atoms. The Morgan fingerprint density at radius 3 is 3.14 bits per heavy atom. The minimum absolute atomic E-state index is 0.191. The van der Waals surface area contributed by atoms with Gasteiger partial charge in [0.1, 0.15) is 4.47 Å². The molecule has 76 valence electrons. The van der Waals surface area contributed by atoms with Crippen LogP contribution in [0, 0.1) is 0 Å². The van der Waals surface area contributed by atoms with E-state index in [2.05, 4.69) is 25.9 Å². The van der Waals surface area contributed by atoms with Crippen LogP contribution in [0.25, 0.3) is 0 Å². The number of hydrogen-bond donors (Lipinski definition) is 1. The van der Waals surface area contributed by atoms with Crippen LogP contribution in [-0.4, -0.2) is 23.1 Å². The van der Waals surface area contributed by atoms with Gasteiger partial charge in [0.05, 0.1) is 12.9 Å². The molecule has 1 aliphatic heterocycles. The van der Waals surface area contributed by atoms with Crippen molar-refractivity contribution in [1.29, 1.82) is 0 Å². The molecular formula is C8H10BrN3O2. The van der Waals surface area contributed by atoms with E-state index in [1.54, 1.807) is 5.06 Å². The molecular weight excluding hydrogens is 250 g/mol. The van der Waals surface area contributed by atoms with Gasteiger partial charge in [0, 0.05) is 6.54 Å². The van der Waals surface area contributed by atoms with Crippen LogP contribution in [-0.2, 0) is 4.84 Å². The van der Waals surface area contributed by atoms with E-state index in [0.29, 0.717) is 16.9 Å². The predicted octanol–water partition coefficient (Wildman–Crippen LogP) is 1.06. The number of H-pyrrole nitrogens is 1. The van der Waals surface area contributed by atoms with Crippen molar-refractivity contribution in [3.8, 4) is 0 Å². The zero-order valence-electron chi connectivity index (χ0n) is 7.49. The summed E-state index contributed by atoms with van der Waals surface area (Å²) < 4.78 is 0.418. The Morgan fingerprint density at radius 2 is 2.43 bits per heavy atom. The maximum absolute atomic E-state index is 11.3. The van der Waals surface area contributed by atoms with Crippen molar-refractivity contribution in [2.45, 2.75) is 12.8 Å². The van der Waals surface area contributed by atoms with Gasteiger partial charge in [0.15, 0.2) is 5.82 Å². The van der Waals surface area contributed by atoms with Crippen LogP contribution < -0.4 is 10.6 Å². The molecule has 1 saturated heterocycles. The lowest BCUT2D eigenvalue weighted by Crippen LogP contribution is -2.32. The third-order valence-corrected chi connectivity index (χ3v) is 2.73. The number of aromatic nitrogens is 2. The number of hydroxylamine groups is 1. The average molecular weight is 260 g/mol. The van der Waals surface area contributed by atoms with Gasteiger partial charge in [0.25, 0.3) is 5.56 Å². The van der Waals surface area contributed by atoms with Crippen LogP contribution in [0.3, 0.4) is 0 Å². The van der Waals surface area contributed by atoms with Crippen LogP contribution in [0.15, 0.2) is 15.6 Å². The fourth-order valence-electron chi connectivity index (χ4n) is 1.31. The lowest BCUT2D eigenvalue weighted by molar-refractivity contribution is 0.0757. The van der Waals surface area contributed by atoms with E-state index in [1.807, 2.05) is 0 Å². The molecule has 1 fully saturated rings. The van der Waals surface area contributed by atoms with Crippen LogP contribution in [0.4, 0.5) is 5.82 Å². The summed E-state index contributed by atoms with van der Waals surface area (Å²) in [4.78, 5) is 23.2. The first kappa shape index (κ1) is 9.67. The molecule has 0 atom stereocenters. The van der Waals surface area contributed by atoms with Gasteiger partial charge in [-0.05, 0) is 28.8 Å². The number of nitrogens with one attached hydrogen (secondary N) is 1. The highest BCUT2D eigenvalue weighted by Gasteiger charge is 2.17. The highest BCUT2D eigenvalue weighted by molar-refractivity contribution is 9.10. The summed E-state index contributed by atoms with van der Waals surface area (Å²) in [5.41, 5.74) is -0.191. The highest BCUT2D eigenvalue weighted by atomic mass is 79.9. The van der Waals surface area contributed by atoms with E-state index >= 15 is 0 Å². The van der Waals surface area contributed by atoms with Gasteiger partial charge in [-0.15, -0.1) is 0 Å². The first-order valence-electron chi connectivity index (χ1n) is 4.42. The van der Waals surface area contributed by atoms with Crippen molar-refractivity contribution in [1.82, 2.24) is 9.97 Å². The largest absolute Gasteiger partial charge is 0.312 e. The van der Waals surface area contributed by atoms with E-state index < -0.39 is 0 Å². The Hall–Kier alpha value is -0.880. The minimum atomic E-state index is -0.191. The Kier molecular flexibility index (Phi) is 2.83. The van der Waals surface area contributed by atoms with Crippen molar-refractivity contribution in [3.05, 3.63) is 21.2 Å². The summed E-state index contributed by atoms with van der Waals surface area (Å²) in [5.74, 6) is 0.549. The average Bonchev–Trinajstić information content (AvgIpc) is 2.23. The van der Waals surface area contributed by atoms with Crippen molar-refractivity contribution < 1.29 is 4.84 Å². The molecule has 6 heteroatoms. The lowest BCUT2D eigenvalue weighted by atomic mass is 10.3. The lowest BCUT2D eigenvalue weighted by Gasteiger charge is -2.26. The van der Waals surface area contributed by atoms with E-state index in [9.17, 15) is 4.79 Å². The minimum Gasteiger partial charge on any atom is -0.312 e. The number of nitrogens with zero attached hydrogens (tertiary/aromatic N) is 2. The van der Waals surface area contributed by atoms with Crippen molar-refractivity contribution in [2.24, 2.45) is 0 Å². The summed E-state index contributed by atoms with van der Waals surface area (Å²) in [6, 6.07) is 0. The zero-order valence-corrected chi connectivity index (χ0v) is 9.08. The van der Waals surface area contributed by atoms with Crippen molar-refractivity contribution in [2.75, 3.05) is 18.2 Å². The summed E-state index contributed by atoms with van der Waals surface area (Å²) in [6.07, 6.45) is 3.48. The molecule has 14 heavy (non-hydrogen) atoms. The fourth-order valence-corrected chi connectivity index (χ4v) is 1.73. The third kappa shape index (κ3) is 1.80. The second-order valence-electron chi connectivity index (χ2n) is 3.01. The van der Waals surface area contributed by atoms with E-state index in [-0.39, 0.29) is 5.56 Å². The fraction of sp³-hybridized carbons (Fsp3) is 0.500. The number of rotatable bonds is 1. The first-order chi connectivity index (χ1) is 6.79. The Labute approximate surface area is 89.2 Å². The molecule has 0 unspecified atom stereocenters. The molecule has 1 aromatic heterocycles. The monoisotopic (exact) mass is 259 g/mol. The summed E-state index contributed by atoms with van der Waals surface area (Å²) in [5, 5.41) is 1.66. The number of hydrogen-bond acceptors (Lipinski definition) is 4. The molecule has 0 saturated carbocycles. The maximum atomic E-state index is 11.3. The van der Waals surface area contributed by atoms with Crippen LogP contribution in [0.1, 0.15) is 12.8 Å². The molecule has 0 aliphatic carbocycles. The molecule has 1 aliphatic rings. The third-order valence-electron chi connectivity index (χ3n) is 2.02. The zero-order chi connectivity index (χ0) is 9.97. The Morgan fingerprint density at radius 1 is 1.57 bits per heavy atom. The van der Waals surface area contributed by atoms with Crippen molar-refractivity contribution >= 4 is 21.7 Å². The van der Waals surface area contributed by atoms with Gasteiger partial charge in [0.2, 0.25) is 0 Å². The number of anilines is 1. The van der Waals surface area contributed by atoms with E-state index in [1.165, 1.54) is 6.33 Å². The molecule has 0 amide bonds.